The topological polar surface area (TPSA) is 55.0 Å². The molecule has 4 nitrogen and oxygen atoms in total. The molecule has 2 heterocycles. The molecule has 0 unspecified atom stereocenters. The fourth-order valence-corrected chi connectivity index (χ4v) is 3.21. The maximum absolute atomic E-state index is 11.9. The summed E-state index contributed by atoms with van der Waals surface area (Å²) in [6, 6.07) is 7.81. The predicted octanol–water partition coefficient (Wildman–Crippen LogP) is 2.12. The number of thioether (sulfide) groups is 1. The highest BCUT2D eigenvalue weighted by molar-refractivity contribution is 7.98. The van der Waals surface area contributed by atoms with Crippen molar-refractivity contribution in [2.45, 2.75) is 17.9 Å². The second-order valence-electron chi connectivity index (χ2n) is 4.46. The van der Waals surface area contributed by atoms with E-state index in [9.17, 15) is 4.79 Å². The molecule has 2 aromatic rings. The third-order valence-electron chi connectivity index (χ3n) is 3.14. The summed E-state index contributed by atoms with van der Waals surface area (Å²) < 4.78 is 5.19. The maximum atomic E-state index is 11.9. The molecule has 98 valence electrons. The Balaban J connectivity index is 1.91. The highest BCUT2D eigenvalue weighted by atomic mass is 32.2. The quantitative estimate of drug-likeness (QED) is 0.931. The van der Waals surface area contributed by atoms with Crippen LogP contribution >= 0.6 is 11.8 Å². The molecular weight excluding hydrogens is 260 g/mol. The third kappa shape index (κ3) is 2.51. The minimum atomic E-state index is 0.00731. The summed E-state index contributed by atoms with van der Waals surface area (Å²) in [6.45, 7) is 0. The van der Waals surface area contributed by atoms with Gasteiger partial charge in [0.25, 0.3) is 5.56 Å². The van der Waals surface area contributed by atoms with Crippen molar-refractivity contribution < 1.29 is 4.74 Å². The highest BCUT2D eigenvalue weighted by Crippen LogP contribution is 2.25. The lowest BCUT2D eigenvalue weighted by molar-refractivity contribution is 0.414. The monoisotopic (exact) mass is 274 g/mol. The average molecular weight is 274 g/mol. The fraction of sp³-hybridized carbons (Fsp3) is 0.286. The van der Waals surface area contributed by atoms with Gasteiger partial charge in [0, 0.05) is 23.5 Å². The number of ether oxygens (including phenoxy) is 1. The van der Waals surface area contributed by atoms with Crippen LogP contribution in [0, 0.1) is 0 Å². The Kier molecular flexibility index (Phi) is 3.29. The van der Waals surface area contributed by atoms with E-state index in [1.807, 2.05) is 24.3 Å². The van der Waals surface area contributed by atoms with Crippen molar-refractivity contribution in [3.8, 4) is 5.75 Å². The molecule has 1 aromatic heterocycles. The second kappa shape index (κ2) is 5.09. The summed E-state index contributed by atoms with van der Waals surface area (Å²) in [4.78, 5) is 19.3. The summed E-state index contributed by atoms with van der Waals surface area (Å²) in [5.74, 6) is 3.15. The number of nitrogens with zero attached hydrogens (tertiary/aromatic N) is 1. The van der Waals surface area contributed by atoms with Crippen molar-refractivity contribution >= 4 is 11.8 Å². The first kappa shape index (κ1) is 12.3. The Morgan fingerprint density at radius 3 is 3.16 bits per heavy atom. The number of nitrogens with one attached hydrogen (secondary N) is 1. The molecule has 0 bridgehead atoms. The van der Waals surface area contributed by atoms with Crippen molar-refractivity contribution in [1.29, 1.82) is 0 Å². The molecule has 1 aromatic carbocycles. The van der Waals surface area contributed by atoms with Gasteiger partial charge in [0.2, 0.25) is 0 Å². The van der Waals surface area contributed by atoms with E-state index in [2.05, 4.69) is 9.97 Å². The summed E-state index contributed by atoms with van der Waals surface area (Å²) in [6.07, 6.45) is 0.615. The number of hydrogen-bond donors (Lipinski definition) is 1. The van der Waals surface area contributed by atoms with Crippen molar-refractivity contribution in [1.82, 2.24) is 9.97 Å². The van der Waals surface area contributed by atoms with Gasteiger partial charge in [-0.15, -0.1) is 0 Å². The number of rotatable bonds is 3. The van der Waals surface area contributed by atoms with Gasteiger partial charge in [0.1, 0.15) is 11.6 Å². The Hall–Kier alpha value is -1.75. The summed E-state index contributed by atoms with van der Waals surface area (Å²) in [5.41, 5.74) is 2.85. The van der Waals surface area contributed by atoms with E-state index in [0.29, 0.717) is 6.42 Å². The zero-order valence-corrected chi connectivity index (χ0v) is 11.4. The van der Waals surface area contributed by atoms with Crippen molar-refractivity contribution in [3.63, 3.8) is 0 Å². The van der Waals surface area contributed by atoms with Crippen LogP contribution < -0.4 is 10.3 Å². The average Bonchev–Trinajstić information content (AvgIpc) is 2.88. The molecule has 0 saturated carbocycles. The van der Waals surface area contributed by atoms with Gasteiger partial charge in [-0.05, 0) is 17.7 Å². The summed E-state index contributed by atoms with van der Waals surface area (Å²) >= 11 is 1.74. The minimum absolute atomic E-state index is 0.00731. The molecule has 0 atom stereocenters. The summed E-state index contributed by atoms with van der Waals surface area (Å²) in [7, 11) is 1.64. The van der Waals surface area contributed by atoms with Gasteiger partial charge in [0.05, 0.1) is 12.8 Å². The van der Waals surface area contributed by atoms with Gasteiger partial charge in [-0.1, -0.05) is 12.1 Å². The predicted molar refractivity (Wildman–Crippen MR) is 75.7 cm³/mol. The van der Waals surface area contributed by atoms with Gasteiger partial charge < -0.3 is 9.72 Å². The van der Waals surface area contributed by atoms with Gasteiger partial charge in [-0.25, -0.2) is 4.98 Å². The lowest BCUT2D eigenvalue weighted by Gasteiger charge is -2.05. The third-order valence-corrected chi connectivity index (χ3v) is 4.11. The number of hydrogen-bond acceptors (Lipinski definition) is 4. The van der Waals surface area contributed by atoms with Crippen molar-refractivity contribution in [3.05, 3.63) is 57.3 Å². The molecule has 3 rings (SSSR count). The van der Waals surface area contributed by atoms with Gasteiger partial charge in [0.15, 0.2) is 0 Å². The molecule has 1 aliphatic rings. The first-order valence-corrected chi connectivity index (χ1v) is 7.23. The van der Waals surface area contributed by atoms with E-state index in [-0.39, 0.29) is 5.56 Å². The Labute approximate surface area is 115 Å². The number of methoxy groups -OCH3 is 1. The lowest BCUT2D eigenvalue weighted by Crippen LogP contribution is -2.17. The zero-order chi connectivity index (χ0) is 13.2. The molecule has 1 N–H and O–H groups in total. The van der Waals surface area contributed by atoms with Crippen LogP contribution in [0.2, 0.25) is 0 Å². The van der Waals surface area contributed by atoms with E-state index >= 15 is 0 Å². The van der Waals surface area contributed by atoms with E-state index < -0.39 is 0 Å². The second-order valence-corrected chi connectivity index (χ2v) is 5.44. The van der Waals surface area contributed by atoms with Gasteiger partial charge in [-0.3, -0.25) is 4.79 Å². The van der Waals surface area contributed by atoms with Crippen LogP contribution in [0.4, 0.5) is 0 Å². The zero-order valence-electron chi connectivity index (χ0n) is 10.6. The Morgan fingerprint density at radius 2 is 2.32 bits per heavy atom. The first-order valence-electron chi connectivity index (χ1n) is 6.08. The molecule has 0 spiro atoms. The molecule has 0 saturated heterocycles. The van der Waals surface area contributed by atoms with E-state index in [0.717, 1.165) is 39.9 Å². The van der Waals surface area contributed by atoms with Crippen LogP contribution in [0.1, 0.15) is 22.6 Å². The normalized spacial score (nSPS) is 13.3. The smallest absolute Gasteiger partial charge is 0.255 e. The Morgan fingerprint density at radius 1 is 1.42 bits per heavy atom. The molecule has 19 heavy (non-hydrogen) atoms. The Bertz CT molecular complexity index is 667. The lowest BCUT2D eigenvalue weighted by atomic mass is 10.1. The van der Waals surface area contributed by atoms with Gasteiger partial charge >= 0.3 is 0 Å². The number of benzene rings is 1. The van der Waals surface area contributed by atoms with Crippen LogP contribution in [-0.4, -0.2) is 17.1 Å². The summed E-state index contributed by atoms with van der Waals surface area (Å²) in [5, 5.41) is 0. The van der Waals surface area contributed by atoms with E-state index in [1.54, 1.807) is 18.9 Å². The van der Waals surface area contributed by atoms with Crippen molar-refractivity contribution in [2.24, 2.45) is 0 Å². The molecule has 0 radical (unpaired) electrons. The van der Waals surface area contributed by atoms with E-state index in [4.69, 9.17) is 4.74 Å². The van der Waals surface area contributed by atoms with Crippen LogP contribution in [-0.2, 0) is 17.9 Å². The number of fused-ring (bicyclic) bond motifs is 1. The van der Waals surface area contributed by atoms with Gasteiger partial charge in [-0.2, -0.15) is 11.8 Å². The fourth-order valence-electron chi connectivity index (χ4n) is 2.17. The van der Waals surface area contributed by atoms with Crippen LogP contribution in [0.15, 0.2) is 29.1 Å². The molecular formula is C14H14N2O2S. The SMILES string of the molecule is COc1cccc(Cc2nc3c(c(=O)[nH]2)CSC3)c1. The van der Waals surface area contributed by atoms with E-state index in [1.165, 1.54) is 0 Å². The molecule has 0 aliphatic carbocycles. The number of aromatic amines is 1. The number of aromatic nitrogens is 2. The van der Waals surface area contributed by atoms with Crippen LogP contribution in [0.3, 0.4) is 0 Å². The first-order chi connectivity index (χ1) is 9.26. The molecule has 0 amide bonds. The maximum Gasteiger partial charge on any atom is 0.255 e. The van der Waals surface area contributed by atoms with Crippen molar-refractivity contribution in [2.75, 3.05) is 7.11 Å². The molecule has 5 heteroatoms. The van der Waals surface area contributed by atoms with Crippen LogP contribution in [0.25, 0.3) is 0 Å². The highest BCUT2D eigenvalue weighted by Gasteiger charge is 2.17. The standard InChI is InChI=1S/C14H14N2O2S/c1-18-10-4-2-3-9(5-10)6-13-15-12-8-19-7-11(12)14(17)16-13/h2-5H,6-8H2,1H3,(H,15,16,17). The van der Waals surface area contributed by atoms with Crippen LogP contribution in [0.5, 0.6) is 5.75 Å². The number of H-pyrrole nitrogens is 1. The largest absolute Gasteiger partial charge is 0.497 e. The molecule has 1 aliphatic heterocycles. The molecule has 0 fully saturated rings. The minimum Gasteiger partial charge on any atom is -0.497 e.